The van der Waals surface area contributed by atoms with Crippen molar-refractivity contribution in [1.82, 2.24) is 4.90 Å². The summed E-state index contributed by atoms with van der Waals surface area (Å²) in [7, 11) is 0. The Morgan fingerprint density at radius 1 is 1.47 bits per heavy atom. The number of rotatable bonds is 3. The van der Waals surface area contributed by atoms with Gasteiger partial charge in [-0.25, -0.2) is 0 Å². The third-order valence-electron chi connectivity index (χ3n) is 3.47. The molecule has 1 aliphatic rings. The summed E-state index contributed by atoms with van der Waals surface area (Å²) in [5, 5.41) is 9.70. The van der Waals surface area contributed by atoms with E-state index in [-0.39, 0.29) is 12.0 Å². The molecule has 0 amide bonds. The van der Waals surface area contributed by atoms with Gasteiger partial charge in [0.25, 0.3) is 0 Å². The first kappa shape index (κ1) is 12.4. The Hall–Kier alpha value is -1.06. The molecule has 0 radical (unpaired) electrons. The third kappa shape index (κ3) is 2.79. The van der Waals surface area contributed by atoms with E-state index in [9.17, 15) is 4.79 Å². The maximum atomic E-state index is 10.9. The molecule has 0 aliphatic carbocycles. The van der Waals surface area contributed by atoms with E-state index in [1.54, 1.807) is 0 Å². The van der Waals surface area contributed by atoms with Crippen molar-refractivity contribution in [3.05, 3.63) is 34.9 Å². The van der Waals surface area contributed by atoms with Crippen molar-refractivity contribution in [2.24, 2.45) is 5.92 Å². The average molecular weight is 254 g/mol. The molecule has 0 saturated carbocycles. The SMILES string of the molecule is C[C@H](c1ccc(Cl)cc1)N1CC[C@H](C(=O)O)C1. The molecule has 2 atom stereocenters. The number of carbonyl (C=O) groups is 1. The average Bonchev–Trinajstić information content (AvgIpc) is 2.78. The van der Waals surface area contributed by atoms with Crippen LogP contribution in [-0.4, -0.2) is 29.1 Å². The van der Waals surface area contributed by atoms with Crippen LogP contribution in [0.2, 0.25) is 5.02 Å². The number of benzene rings is 1. The van der Waals surface area contributed by atoms with Gasteiger partial charge < -0.3 is 5.11 Å². The normalized spacial score (nSPS) is 22.6. The van der Waals surface area contributed by atoms with E-state index >= 15 is 0 Å². The van der Waals surface area contributed by atoms with Gasteiger partial charge in [0.15, 0.2) is 0 Å². The predicted octanol–water partition coefficient (Wildman–Crippen LogP) is 2.81. The number of aliphatic carboxylic acids is 1. The van der Waals surface area contributed by atoms with Crippen LogP contribution in [0.3, 0.4) is 0 Å². The number of nitrogens with zero attached hydrogens (tertiary/aromatic N) is 1. The van der Waals surface area contributed by atoms with Gasteiger partial charge in [-0.05, 0) is 37.6 Å². The van der Waals surface area contributed by atoms with Crippen LogP contribution in [-0.2, 0) is 4.79 Å². The van der Waals surface area contributed by atoms with Crippen molar-refractivity contribution in [2.75, 3.05) is 13.1 Å². The molecular weight excluding hydrogens is 238 g/mol. The lowest BCUT2D eigenvalue weighted by Gasteiger charge is -2.24. The molecule has 1 fully saturated rings. The molecule has 0 spiro atoms. The Bertz CT molecular complexity index is 404. The van der Waals surface area contributed by atoms with Crippen LogP contribution in [0, 0.1) is 5.92 Å². The fourth-order valence-corrected chi connectivity index (χ4v) is 2.42. The highest BCUT2D eigenvalue weighted by Gasteiger charge is 2.30. The Kier molecular flexibility index (Phi) is 3.69. The largest absolute Gasteiger partial charge is 0.481 e. The van der Waals surface area contributed by atoms with Crippen LogP contribution in [0.15, 0.2) is 24.3 Å². The molecule has 2 rings (SSSR count). The zero-order chi connectivity index (χ0) is 12.4. The summed E-state index contributed by atoms with van der Waals surface area (Å²) in [4.78, 5) is 13.1. The van der Waals surface area contributed by atoms with Gasteiger partial charge in [-0.1, -0.05) is 23.7 Å². The Morgan fingerprint density at radius 3 is 2.65 bits per heavy atom. The smallest absolute Gasteiger partial charge is 0.307 e. The van der Waals surface area contributed by atoms with Crippen LogP contribution in [0.4, 0.5) is 0 Å². The number of hydrogen-bond donors (Lipinski definition) is 1. The Morgan fingerprint density at radius 2 is 2.12 bits per heavy atom. The minimum absolute atomic E-state index is 0.218. The van der Waals surface area contributed by atoms with Crippen LogP contribution in [0.25, 0.3) is 0 Å². The lowest BCUT2D eigenvalue weighted by Crippen LogP contribution is -2.26. The molecule has 3 nitrogen and oxygen atoms in total. The summed E-state index contributed by atoms with van der Waals surface area (Å²) in [6.45, 7) is 3.59. The second-order valence-corrected chi connectivity index (χ2v) is 4.98. The Balaban J connectivity index is 2.04. The second kappa shape index (κ2) is 5.07. The van der Waals surface area contributed by atoms with Gasteiger partial charge in [-0.3, -0.25) is 9.69 Å². The highest BCUT2D eigenvalue weighted by atomic mass is 35.5. The molecule has 1 aliphatic heterocycles. The van der Waals surface area contributed by atoms with Gasteiger partial charge >= 0.3 is 5.97 Å². The van der Waals surface area contributed by atoms with Crippen molar-refractivity contribution in [1.29, 1.82) is 0 Å². The third-order valence-corrected chi connectivity index (χ3v) is 3.72. The number of carboxylic acid groups (broad SMARTS) is 1. The van der Waals surface area contributed by atoms with E-state index in [0.29, 0.717) is 6.54 Å². The highest BCUT2D eigenvalue weighted by Crippen LogP contribution is 2.28. The van der Waals surface area contributed by atoms with E-state index in [0.717, 1.165) is 18.0 Å². The van der Waals surface area contributed by atoms with Gasteiger partial charge in [0.1, 0.15) is 0 Å². The lowest BCUT2D eigenvalue weighted by atomic mass is 10.1. The molecule has 1 aromatic carbocycles. The fourth-order valence-electron chi connectivity index (χ4n) is 2.29. The molecular formula is C13H16ClNO2. The van der Waals surface area contributed by atoms with Crippen molar-refractivity contribution < 1.29 is 9.90 Å². The van der Waals surface area contributed by atoms with Gasteiger partial charge in [0, 0.05) is 17.6 Å². The number of hydrogen-bond acceptors (Lipinski definition) is 2. The molecule has 0 bridgehead atoms. The molecule has 0 aromatic heterocycles. The first-order chi connectivity index (χ1) is 8.08. The lowest BCUT2D eigenvalue weighted by molar-refractivity contribution is -0.141. The van der Waals surface area contributed by atoms with Gasteiger partial charge in [-0.2, -0.15) is 0 Å². The minimum atomic E-state index is -0.684. The maximum absolute atomic E-state index is 10.9. The van der Waals surface area contributed by atoms with Crippen molar-refractivity contribution in [2.45, 2.75) is 19.4 Å². The first-order valence-electron chi connectivity index (χ1n) is 5.80. The minimum Gasteiger partial charge on any atom is -0.481 e. The number of carboxylic acids is 1. The molecule has 92 valence electrons. The number of halogens is 1. The summed E-state index contributed by atoms with van der Waals surface area (Å²) >= 11 is 5.85. The van der Waals surface area contributed by atoms with Crippen LogP contribution >= 0.6 is 11.6 Å². The predicted molar refractivity (Wildman–Crippen MR) is 67.2 cm³/mol. The van der Waals surface area contributed by atoms with Gasteiger partial charge in [0.2, 0.25) is 0 Å². The van der Waals surface area contributed by atoms with Crippen molar-refractivity contribution in [3.63, 3.8) is 0 Å². The van der Waals surface area contributed by atoms with Crippen molar-refractivity contribution >= 4 is 17.6 Å². The fraction of sp³-hybridized carbons (Fsp3) is 0.462. The zero-order valence-electron chi connectivity index (χ0n) is 9.77. The number of likely N-dealkylation sites (tertiary alicyclic amines) is 1. The summed E-state index contributed by atoms with van der Waals surface area (Å²) in [6.07, 6.45) is 0.743. The molecule has 4 heteroatoms. The van der Waals surface area contributed by atoms with Gasteiger partial charge in [0.05, 0.1) is 5.92 Å². The van der Waals surface area contributed by atoms with Crippen LogP contribution < -0.4 is 0 Å². The van der Waals surface area contributed by atoms with E-state index in [2.05, 4.69) is 11.8 Å². The summed E-state index contributed by atoms with van der Waals surface area (Å²) in [6, 6.07) is 8.00. The van der Waals surface area contributed by atoms with Crippen LogP contribution in [0.5, 0.6) is 0 Å². The monoisotopic (exact) mass is 253 g/mol. The van der Waals surface area contributed by atoms with E-state index in [1.165, 1.54) is 5.56 Å². The van der Waals surface area contributed by atoms with Gasteiger partial charge in [-0.15, -0.1) is 0 Å². The molecule has 1 heterocycles. The van der Waals surface area contributed by atoms with E-state index < -0.39 is 5.97 Å². The molecule has 0 unspecified atom stereocenters. The Labute approximate surface area is 106 Å². The second-order valence-electron chi connectivity index (χ2n) is 4.55. The first-order valence-corrected chi connectivity index (χ1v) is 6.18. The zero-order valence-corrected chi connectivity index (χ0v) is 10.5. The van der Waals surface area contributed by atoms with Crippen molar-refractivity contribution in [3.8, 4) is 0 Å². The quantitative estimate of drug-likeness (QED) is 0.901. The van der Waals surface area contributed by atoms with E-state index in [4.69, 9.17) is 16.7 Å². The maximum Gasteiger partial charge on any atom is 0.307 e. The summed E-state index contributed by atoms with van der Waals surface area (Å²) in [5.41, 5.74) is 1.18. The summed E-state index contributed by atoms with van der Waals surface area (Å²) < 4.78 is 0. The van der Waals surface area contributed by atoms with Crippen LogP contribution in [0.1, 0.15) is 24.9 Å². The molecule has 1 N–H and O–H groups in total. The topological polar surface area (TPSA) is 40.5 Å². The molecule has 17 heavy (non-hydrogen) atoms. The molecule has 1 aromatic rings. The standard InChI is InChI=1S/C13H16ClNO2/c1-9(10-2-4-12(14)5-3-10)15-7-6-11(8-15)13(16)17/h2-5,9,11H,6-8H2,1H3,(H,16,17)/t9-,11+/m1/s1. The van der Waals surface area contributed by atoms with E-state index in [1.807, 2.05) is 24.3 Å². The molecule has 1 saturated heterocycles. The highest BCUT2D eigenvalue weighted by molar-refractivity contribution is 6.30. The summed E-state index contributed by atoms with van der Waals surface area (Å²) in [5.74, 6) is -0.902.